The highest BCUT2D eigenvalue weighted by Crippen LogP contribution is 2.24. The summed E-state index contributed by atoms with van der Waals surface area (Å²) in [5.74, 6) is 0.0513. The first-order valence-electron chi connectivity index (χ1n) is 6.77. The van der Waals surface area contributed by atoms with Crippen LogP contribution in [0.15, 0.2) is 16.6 Å². The Morgan fingerprint density at radius 3 is 2.21 bits per heavy atom. The summed E-state index contributed by atoms with van der Waals surface area (Å²) in [6.07, 6.45) is 1.94. The summed E-state index contributed by atoms with van der Waals surface area (Å²) in [5, 5.41) is 6.26. The second-order valence-electron chi connectivity index (χ2n) is 4.85. The molecule has 106 valence electrons. The minimum Gasteiger partial charge on any atom is -0.376 e. The van der Waals surface area contributed by atoms with Crippen molar-refractivity contribution in [1.29, 1.82) is 0 Å². The van der Waals surface area contributed by atoms with Crippen LogP contribution in [-0.2, 0) is 4.79 Å². The second-order valence-corrected chi connectivity index (χ2v) is 5.76. The lowest BCUT2D eigenvalue weighted by Crippen LogP contribution is -2.37. The number of carbonyl (C=O) groups is 1. The molecule has 4 heteroatoms. The van der Waals surface area contributed by atoms with E-state index in [-0.39, 0.29) is 11.9 Å². The third-order valence-electron chi connectivity index (χ3n) is 3.27. The second kappa shape index (κ2) is 7.53. The topological polar surface area (TPSA) is 41.1 Å². The van der Waals surface area contributed by atoms with Crippen LogP contribution in [0.4, 0.5) is 5.69 Å². The van der Waals surface area contributed by atoms with Gasteiger partial charge in [0.15, 0.2) is 0 Å². The van der Waals surface area contributed by atoms with Crippen molar-refractivity contribution in [3.63, 3.8) is 0 Å². The van der Waals surface area contributed by atoms with E-state index in [1.807, 2.05) is 26.0 Å². The van der Waals surface area contributed by atoms with Crippen LogP contribution in [0.3, 0.4) is 0 Å². The molecule has 1 aromatic carbocycles. The summed E-state index contributed by atoms with van der Waals surface area (Å²) in [4.78, 5) is 11.9. The molecule has 1 amide bonds. The van der Waals surface area contributed by atoms with Crippen molar-refractivity contribution in [2.75, 3.05) is 11.9 Å². The van der Waals surface area contributed by atoms with Crippen molar-refractivity contribution in [3.05, 3.63) is 27.7 Å². The van der Waals surface area contributed by atoms with Gasteiger partial charge in [0.25, 0.3) is 0 Å². The summed E-state index contributed by atoms with van der Waals surface area (Å²) in [6.45, 7) is 8.58. The zero-order valence-corrected chi connectivity index (χ0v) is 13.7. The molecule has 0 radical (unpaired) electrons. The number of aryl methyl sites for hydroxylation is 2. The maximum absolute atomic E-state index is 11.9. The van der Waals surface area contributed by atoms with Gasteiger partial charge < -0.3 is 10.6 Å². The van der Waals surface area contributed by atoms with Gasteiger partial charge in [-0.1, -0.05) is 29.8 Å². The first-order valence-corrected chi connectivity index (χ1v) is 7.57. The predicted octanol–water partition coefficient (Wildman–Crippen LogP) is 3.78. The van der Waals surface area contributed by atoms with Crippen LogP contribution in [-0.4, -0.2) is 18.5 Å². The molecule has 0 unspecified atom stereocenters. The van der Waals surface area contributed by atoms with Gasteiger partial charge in [-0.25, -0.2) is 0 Å². The molecule has 0 saturated heterocycles. The number of anilines is 1. The van der Waals surface area contributed by atoms with Crippen LogP contribution < -0.4 is 10.6 Å². The number of hydrogen-bond acceptors (Lipinski definition) is 2. The van der Waals surface area contributed by atoms with E-state index in [0.29, 0.717) is 6.54 Å². The van der Waals surface area contributed by atoms with E-state index in [1.54, 1.807) is 0 Å². The number of carbonyl (C=O) groups excluding carboxylic acids is 1. The van der Waals surface area contributed by atoms with Crippen LogP contribution >= 0.6 is 15.9 Å². The van der Waals surface area contributed by atoms with Gasteiger partial charge in [0.05, 0.1) is 6.54 Å². The molecule has 0 heterocycles. The summed E-state index contributed by atoms with van der Waals surface area (Å²) in [7, 11) is 0. The van der Waals surface area contributed by atoms with Crippen LogP contribution in [0.2, 0.25) is 0 Å². The lowest BCUT2D eigenvalue weighted by Gasteiger charge is -2.17. The molecule has 0 bridgehead atoms. The highest BCUT2D eigenvalue weighted by Gasteiger charge is 2.09. The van der Waals surface area contributed by atoms with Gasteiger partial charge in [0.1, 0.15) is 0 Å². The molecule has 0 aliphatic heterocycles. The average molecular weight is 327 g/mol. The van der Waals surface area contributed by atoms with Crippen LogP contribution in [0.5, 0.6) is 0 Å². The lowest BCUT2D eigenvalue weighted by molar-refractivity contribution is -0.120. The fourth-order valence-electron chi connectivity index (χ4n) is 2.13. The molecule has 3 nitrogen and oxygen atoms in total. The Morgan fingerprint density at radius 1 is 1.21 bits per heavy atom. The summed E-state index contributed by atoms with van der Waals surface area (Å²) < 4.78 is 1.06. The quantitative estimate of drug-likeness (QED) is 0.835. The molecule has 0 aliphatic carbocycles. The summed E-state index contributed by atoms with van der Waals surface area (Å²) in [6, 6.07) is 4.38. The third-order valence-corrected chi connectivity index (χ3v) is 3.73. The highest BCUT2D eigenvalue weighted by atomic mass is 79.9. The predicted molar refractivity (Wildman–Crippen MR) is 84.6 cm³/mol. The van der Waals surface area contributed by atoms with Gasteiger partial charge in [0.2, 0.25) is 5.91 Å². The smallest absolute Gasteiger partial charge is 0.239 e. The molecule has 0 aromatic heterocycles. The number of amides is 1. The lowest BCUT2D eigenvalue weighted by atomic mass is 10.1. The van der Waals surface area contributed by atoms with E-state index in [9.17, 15) is 4.79 Å². The molecule has 1 rings (SSSR count). The number of nitrogens with one attached hydrogen (secondary N) is 2. The molecular weight excluding hydrogens is 304 g/mol. The van der Waals surface area contributed by atoms with Crippen molar-refractivity contribution in [3.8, 4) is 0 Å². The molecule has 0 aliphatic rings. The number of rotatable bonds is 6. The number of halogens is 1. The van der Waals surface area contributed by atoms with Gasteiger partial charge in [-0.05, 0) is 49.9 Å². The molecule has 0 atom stereocenters. The average Bonchev–Trinajstić information content (AvgIpc) is 2.34. The maximum Gasteiger partial charge on any atom is 0.239 e. The van der Waals surface area contributed by atoms with Gasteiger partial charge >= 0.3 is 0 Å². The van der Waals surface area contributed by atoms with Gasteiger partial charge in [-0.15, -0.1) is 0 Å². The number of hydrogen-bond donors (Lipinski definition) is 2. The van der Waals surface area contributed by atoms with Crippen molar-refractivity contribution >= 4 is 27.5 Å². The summed E-state index contributed by atoms with van der Waals surface area (Å²) >= 11 is 3.47. The Bertz CT molecular complexity index is 419. The molecule has 1 aromatic rings. The zero-order chi connectivity index (χ0) is 14.4. The fourth-order valence-corrected chi connectivity index (χ4v) is 2.82. The largest absolute Gasteiger partial charge is 0.376 e. The Morgan fingerprint density at radius 2 is 1.74 bits per heavy atom. The minimum atomic E-state index is 0.0513. The SMILES string of the molecule is CCC(CC)NC(=O)CNc1c(C)cc(Br)cc1C. The normalized spacial score (nSPS) is 10.6. The van der Waals surface area contributed by atoms with E-state index >= 15 is 0 Å². The van der Waals surface area contributed by atoms with E-state index in [0.717, 1.165) is 34.1 Å². The van der Waals surface area contributed by atoms with E-state index in [1.165, 1.54) is 0 Å². The Labute approximate surface area is 124 Å². The molecule has 0 spiro atoms. The first-order chi connectivity index (χ1) is 8.97. The third kappa shape index (κ3) is 4.86. The van der Waals surface area contributed by atoms with Crippen LogP contribution in [0.1, 0.15) is 37.8 Å². The summed E-state index contributed by atoms with van der Waals surface area (Å²) in [5.41, 5.74) is 3.33. The number of benzene rings is 1. The van der Waals surface area contributed by atoms with Crippen LogP contribution in [0.25, 0.3) is 0 Å². The highest BCUT2D eigenvalue weighted by molar-refractivity contribution is 9.10. The molecule has 0 fully saturated rings. The Kier molecular flexibility index (Phi) is 6.35. The fraction of sp³-hybridized carbons (Fsp3) is 0.533. The molecule has 2 N–H and O–H groups in total. The first kappa shape index (κ1) is 16.0. The maximum atomic E-state index is 11.9. The Balaban J connectivity index is 2.60. The zero-order valence-electron chi connectivity index (χ0n) is 12.1. The van der Waals surface area contributed by atoms with E-state index in [2.05, 4.69) is 40.4 Å². The molecule has 0 saturated carbocycles. The molecule has 19 heavy (non-hydrogen) atoms. The van der Waals surface area contributed by atoms with Gasteiger partial charge in [-0.3, -0.25) is 4.79 Å². The van der Waals surface area contributed by atoms with E-state index < -0.39 is 0 Å². The van der Waals surface area contributed by atoms with E-state index in [4.69, 9.17) is 0 Å². The standard InChI is InChI=1S/C15H23BrN2O/c1-5-13(6-2)18-14(19)9-17-15-10(3)7-12(16)8-11(15)4/h7-8,13,17H,5-6,9H2,1-4H3,(H,18,19). The van der Waals surface area contributed by atoms with Gasteiger partial charge in [0, 0.05) is 16.2 Å². The Hall–Kier alpha value is -1.03. The van der Waals surface area contributed by atoms with Crippen molar-refractivity contribution in [1.82, 2.24) is 5.32 Å². The van der Waals surface area contributed by atoms with Gasteiger partial charge in [-0.2, -0.15) is 0 Å². The molecular formula is C15H23BrN2O. The monoisotopic (exact) mass is 326 g/mol. The van der Waals surface area contributed by atoms with Crippen molar-refractivity contribution < 1.29 is 4.79 Å². The van der Waals surface area contributed by atoms with Crippen molar-refractivity contribution in [2.24, 2.45) is 0 Å². The van der Waals surface area contributed by atoms with Crippen molar-refractivity contribution in [2.45, 2.75) is 46.6 Å². The van der Waals surface area contributed by atoms with Crippen LogP contribution in [0, 0.1) is 13.8 Å². The minimum absolute atomic E-state index is 0.0513.